The van der Waals surface area contributed by atoms with Crippen LogP contribution in [-0.4, -0.2) is 29.8 Å². The van der Waals surface area contributed by atoms with Gasteiger partial charge in [0.25, 0.3) is 0 Å². The third-order valence-electron chi connectivity index (χ3n) is 3.64. The van der Waals surface area contributed by atoms with Gasteiger partial charge in [-0.1, -0.05) is 54.6 Å². The molecule has 2 atom stereocenters. The Morgan fingerprint density at radius 2 is 1.70 bits per heavy atom. The number of nitrogens with two attached hydrogens (primary N) is 1. The summed E-state index contributed by atoms with van der Waals surface area (Å²) >= 11 is 0. The van der Waals surface area contributed by atoms with Crippen LogP contribution in [0.2, 0.25) is 0 Å². The van der Waals surface area contributed by atoms with Crippen LogP contribution in [0.15, 0.2) is 54.6 Å². The lowest BCUT2D eigenvalue weighted by molar-refractivity contribution is -0.153. The van der Waals surface area contributed by atoms with Crippen molar-refractivity contribution in [1.29, 1.82) is 0 Å². The number of aliphatic hydroxyl groups is 1. The van der Waals surface area contributed by atoms with Crippen LogP contribution in [0.4, 0.5) is 0 Å². The number of ether oxygens (including phenoxy) is 1. The Balaban J connectivity index is 1.92. The first-order valence-electron chi connectivity index (χ1n) is 7.84. The average molecular weight is 313 g/mol. The summed E-state index contributed by atoms with van der Waals surface area (Å²) in [4.78, 5) is 11.4. The van der Waals surface area contributed by atoms with Gasteiger partial charge in [0, 0.05) is 6.04 Å². The van der Waals surface area contributed by atoms with E-state index in [0.29, 0.717) is 6.42 Å². The van der Waals surface area contributed by atoms with Crippen molar-refractivity contribution in [3.05, 3.63) is 60.2 Å². The van der Waals surface area contributed by atoms with Gasteiger partial charge in [0.15, 0.2) is 6.10 Å². The van der Waals surface area contributed by atoms with E-state index in [9.17, 15) is 9.90 Å². The maximum atomic E-state index is 11.4. The van der Waals surface area contributed by atoms with Gasteiger partial charge in [0.2, 0.25) is 0 Å². The second-order valence-corrected chi connectivity index (χ2v) is 5.53. The predicted molar refractivity (Wildman–Crippen MR) is 90.8 cm³/mol. The van der Waals surface area contributed by atoms with E-state index in [-0.39, 0.29) is 19.1 Å². The standard InChI is InChI=1S/C19H23NO3/c1-2-23-19(22)18(21)13-17(20)12-14-8-10-16(11-9-14)15-6-4-3-5-7-15/h3-11,17-18,21H,2,12-13,20H2,1H3. The lowest BCUT2D eigenvalue weighted by Gasteiger charge is -2.15. The molecule has 0 spiro atoms. The van der Waals surface area contributed by atoms with E-state index < -0.39 is 12.1 Å². The second kappa shape index (κ2) is 8.46. The monoisotopic (exact) mass is 313 g/mol. The molecule has 4 heteroatoms. The van der Waals surface area contributed by atoms with Crippen LogP contribution in [0.1, 0.15) is 18.9 Å². The smallest absolute Gasteiger partial charge is 0.335 e. The van der Waals surface area contributed by atoms with E-state index in [1.807, 2.05) is 30.3 Å². The number of aliphatic hydroxyl groups excluding tert-OH is 1. The Morgan fingerprint density at radius 1 is 1.09 bits per heavy atom. The first kappa shape index (κ1) is 17.2. The highest BCUT2D eigenvalue weighted by Crippen LogP contribution is 2.20. The Bertz CT molecular complexity index is 610. The number of hydrogen-bond acceptors (Lipinski definition) is 4. The van der Waals surface area contributed by atoms with Crippen molar-refractivity contribution in [2.24, 2.45) is 5.73 Å². The summed E-state index contributed by atoms with van der Waals surface area (Å²) in [5.41, 5.74) is 9.41. The van der Waals surface area contributed by atoms with Gasteiger partial charge in [-0.05, 0) is 36.5 Å². The summed E-state index contributed by atoms with van der Waals surface area (Å²) in [6.45, 7) is 1.96. The third kappa shape index (κ3) is 5.20. The summed E-state index contributed by atoms with van der Waals surface area (Å²) < 4.78 is 4.77. The lowest BCUT2D eigenvalue weighted by atomic mass is 9.98. The number of benzene rings is 2. The number of esters is 1. The average Bonchev–Trinajstić information content (AvgIpc) is 2.56. The van der Waals surface area contributed by atoms with Gasteiger partial charge in [-0.2, -0.15) is 0 Å². The van der Waals surface area contributed by atoms with Crippen molar-refractivity contribution >= 4 is 5.97 Å². The summed E-state index contributed by atoms with van der Waals surface area (Å²) in [6.07, 6.45) is -0.362. The molecule has 2 rings (SSSR count). The molecule has 0 fully saturated rings. The molecular weight excluding hydrogens is 290 g/mol. The molecule has 0 radical (unpaired) electrons. The molecule has 0 amide bonds. The van der Waals surface area contributed by atoms with Crippen LogP contribution in [0.25, 0.3) is 11.1 Å². The van der Waals surface area contributed by atoms with Crippen LogP contribution in [0, 0.1) is 0 Å². The maximum absolute atomic E-state index is 11.4. The fourth-order valence-corrected chi connectivity index (χ4v) is 2.47. The van der Waals surface area contributed by atoms with E-state index in [1.54, 1.807) is 6.92 Å². The van der Waals surface area contributed by atoms with Gasteiger partial charge in [0.05, 0.1) is 6.61 Å². The summed E-state index contributed by atoms with van der Waals surface area (Å²) in [5.74, 6) is -0.609. The SMILES string of the molecule is CCOC(=O)C(O)CC(N)Cc1ccc(-c2ccccc2)cc1. The van der Waals surface area contributed by atoms with Gasteiger partial charge in [0.1, 0.15) is 0 Å². The van der Waals surface area contributed by atoms with Crippen molar-refractivity contribution < 1.29 is 14.6 Å². The molecule has 23 heavy (non-hydrogen) atoms. The minimum Gasteiger partial charge on any atom is -0.464 e. The van der Waals surface area contributed by atoms with Crippen molar-refractivity contribution in [3.63, 3.8) is 0 Å². The minimum absolute atomic E-state index is 0.194. The second-order valence-electron chi connectivity index (χ2n) is 5.53. The molecule has 0 saturated heterocycles. The normalized spacial score (nSPS) is 13.3. The molecule has 0 heterocycles. The Hall–Kier alpha value is -2.17. The Kier molecular flexibility index (Phi) is 6.32. The molecule has 2 aromatic carbocycles. The minimum atomic E-state index is -1.16. The molecule has 0 aliphatic carbocycles. The Labute approximate surface area is 136 Å². The van der Waals surface area contributed by atoms with Gasteiger partial charge < -0.3 is 15.6 Å². The molecule has 2 unspecified atom stereocenters. The summed E-state index contributed by atoms with van der Waals surface area (Å²) in [7, 11) is 0. The lowest BCUT2D eigenvalue weighted by Crippen LogP contribution is -2.33. The molecule has 0 aliphatic rings. The maximum Gasteiger partial charge on any atom is 0.335 e. The molecule has 122 valence electrons. The number of carbonyl (C=O) groups is 1. The molecular formula is C19H23NO3. The number of rotatable bonds is 7. The highest BCUT2D eigenvalue weighted by Gasteiger charge is 2.19. The molecule has 0 bridgehead atoms. The highest BCUT2D eigenvalue weighted by molar-refractivity contribution is 5.74. The van der Waals surface area contributed by atoms with Gasteiger partial charge in [-0.25, -0.2) is 4.79 Å². The van der Waals surface area contributed by atoms with Crippen LogP contribution in [0.3, 0.4) is 0 Å². The van der Waals surface area contributed by atoms with Crippen molar-refractivity contribution in [2.75, 3.05) is 6.61 Å². The van der Waals surface area contributed by atoms with Gasteiger partial charge >= 0.3 is 5.97 Å². The largest absolute Gasteiger partial charge is 0.464 e. The van der Waals surface area contributed by atoms with E-state index in [2.05, 4.69) is 24.3 Å². The van der Waals surface area contributed by atoms with E-state index in [4.69, 9.17) is 10.5 Å². The molecule has 0 aliphatic heterocycles. The summed E-state index contributed by atoms with van der Waals surface area (Å²) in [5, 5.41) is 9.74. The van der Waals surface area contributed by atoms with E-state index >= 15 is 0 Å². The van der Waals surface area contributed by atoms with Crippen LogP contribution in [0.5, 0.6) is 0 Å². The Morgan fingerprint density at radius 3 is 2.30 bits per heavy atom. The first-order valence-corrected chi connectivity index (χ1v) is 7.84. The fourth-order valence-electron chi connectivity index (χ4n) is 2.47. The van der Waals surface area contributed by atoms with Crippen molar-refractivity contribution in [1.82, 2.24) is 0 Å². The molecule has 4 nitrogen and oxygen atoms in total. The molecule has 2 aromatic rings. The first-order chi connectivity index (χ1) is 11.1. The van der Waals surface area contributed by atoms with Gasteiger partial charge in [-0.3, -0.25) is 0 Å². The van der Waals surface area contributed by atoms with Crippen LogP contribution < -0.4 is 5.73 Å². The number of carbonyl (C=O) groups excluding carboxylic acids is 1. The topological polar surface area (TPSA) is 72.5 Å². The van der Waals surface area contributed by atoms with Gasteiger partial charge in [-0.15, -0.1) is 0 Å². The van der Waals surface area contributed by atoms with Crippen LogP contribution in [-0.2, 0) is 16.0 Å². The van der Waals surface area contributed by atoms with E-state index in [1.165, 1.54) is 5.56 Å². The zero-order valence-electron chi connectivity index (χ0n) is 13.3. The predicted octanol–water partition coefficient (Wildman–Crippen LogP) is 2.54. The zero-order chi connectivity index (χ0) is 16.7. The fraction of sp³-hybridized carbons (Fsp3) is 0.316. The molecule has 3 N–H and O–H groups in total. The van der Waals surface area contributed by atoms with E-state index in [0.717, 1.165) is 11.1 Å². The number of hydrogen-bond donors (Lipinski definition) is 2. The van der Waals surface area contributed by atoms with Crippen molar-refractivity contribution in [3.8, 4) is 11.1 Å². The summed E-state index contributed by atoms with van der Waals surface area (Å²) in [6, 6.07) is 18.0. The molecule has 0 aromatic heterocycles. The van der Waals surface area contributed by atoms with Crippen LogP contribution >= 0.6 is 0 Å². The quantitative estimate of drug-likeness (QED) is 0.771. The zero-order valence-corrected chi connectivity index (χ0v) is 13.3. The molecule has 0 saturated carbocycles. The van der Waals surface area contributed by atoms with Crippen molar-refractivity contribution in [2.45, 2.75) is 31.9 Å². The third-order valence-corrected chi connectivity index (χ3v) is 3.64. The highest BCUT2D eigenvalue weighted by atomic mass is 16.5.